The zero-order chi connectivity index (χ0) is 12.4. The summed E-state index contributed by atoms with van der Waals surface area (Å²) in [6.07, 6.45) is 1.84. The lowest BCUT2D eigenvalue weighted by Crippen LogP contribution is -2.35. The summed E-state index contributed by atoms with van der Waals surface area (Å²) in [5.41, 5.74) is 2.27. The Morgan fingerprint density at radius 3 is 2.89 bits per heavy atom. The fourth-order valence-electron chi connectivity index (χ4n) is 2.21. The third-order valence-corrected chi connectivity index (χ3v) is 3.21. The molecule has 3 rings (SSSR count). The first kappa shape index (κ1) is 14.0. The van der Waals surface area contributed by atoms with Gasteiger partial charge in [0, 0.05) is 31.7 Å². The summed E-state index contributed by atoms with van der Waals surface area (Å²) in [5, 5.41) is 4.55. The summed E-state index contributed by atoms with van der Waals surface area (Å²) in [5.74, 6) is 0.975. The van der Waals surface area contributed by atoms with Gasteiger partial charge in [0.25, 0.3) is 0 Å². The third kappa shape index (κ3) is 2.97. The van der Waals surface area contributed by atoms with Crippen molar-refractivity contribution in [2.45, 2.75) is 6.54 Å². The maximum atomic E-state index is 4.45. The Hall–Kier alpha value is -1.37. The average molecular weight is 368 g/mol. The molecule has 0 spiro atoms. The SMILES string of the molecule is CN1CCN=C1NCc1cccc2cccnc12.I. The van der Waals surface area contributed by atoms with Crippen molar-refractivity contribution in [3.05, 3.63) is 42.1 Å². The number of fused-ring (bicyclic) bond motifs is 1. The molecule has 0 bridgehead atoms. The van der Waals surface area contributed by atoms with Crippen LogP contribution in [0.2, 0.25) is 0 Å². The lowest BCUT2D eigenvalue weighted by molar-refractivity contribution is 0.534. The molecule has 0 unspecified atom stereocenters. The molecule has 2 heterocycles. The van der Waals surface area contributed by atoms with Crippen LogP contribution in [0, 0.1) is 0 Å². The molecule has 0 saturated carbocycles. The maximum absolute atomic E-state index is 4.45. The number of pyridine rings is 1. The van der Waals surface area contributed by atoms with Crippen LogP contribution in [0.5, 0.6) is 0 Å². The largest absolute Gasteiger partial charge is 0.352 e. The quantitative estimate of drug-likeness (QED) is 0.827. The normalized spacial score (nSPS) is 14.2. The van der Waals surface area contributed by atoms with E-state index in [0.29, 0.717) is 0 Å². The molecule has 1 aromatic carbocycles. The van der Waals surface area contributed by atoms with Gasteiger partial charge in [-0.2, -0.15) is 0 Å². The highest BCUT2D eigenvalue weighted by Gasteiger charge is 2.11. The zero-order valence-electron chi connectivity index (χ0n) is 10.8. The third-order valence-electron chi connectivity index (χ3n) is 3.21. The van der Waals surface area contributed by atoms with E-state index in [2.05, 4.69) is 51.5 Å². The predicted octanol–water partition coefficient (Wildman–Crippen LogP) is 2.24. The molecule has 4 nitrogen and oxygen atoms in total. The van der Waals surface area contributed by atoms with E-state index >= 15 is 0 Å². The van der Waals surface area contributed by atoms with E-state index in [4.69, 9.17) is 0 Å². The van der Waals surface area contributed by atoms with Crippen molar-refractivity contribution in [3.8, 4) is 0 Å². The molecule has 1 aromatic heterocycles. The summed E-state index contributed by atoms with van der Waals surface area (Å²) in [4.78, 5) is 11.0. The second-order valence-electron chi connectivity index (χ2n) is 4.47. The van der Waals surface area contributed by atoms with Crippen LogP contribution in [0.3, 0.4) is 0 Å². The first-order valence-corrected chi connectivity index (χ1v) is 6.17. The number of rotatable bonds is 2. The van der Waals surface area contributed by atoms with Gasteiger partial charge in [0.2, 0.25) is 0 Å². The number of hydrogen-bond acceptors (Lipinski definition) is 4. The van der Waals surface area contributed by atoms with E-state index in [1.807, 2.05) is 12.3 Å². The molecule has 5 heteroatoms. The minimum Gasteiger partial charge on any atom is -0.352 e. The van der Waals surface area contributed by atoms with Crippen LogP contribution < -0.4 is 5.32 Å². The second kappa shape index (κ2) is 6.18. The minimum atomic E-state index is 0. The Kier molecular flexibility index (Phi) is 4.57. The Balaban J connectivity index is 0.00000133. The molecule has 0 radical (unpaired) electrons. The standard InChI is InChI=1S/C14H16N4.HI/c1-18-9-8-16-14(18)17-10-12-5-2-4-11-6-3-7-15-13(11)12;/h2-7H,8-10H2,1H3,(H,16,17);1H. The van der Waals surface area contributed by atoms with Gasteiger partial charge in [-0.05, 0) is 11.6 Å². The summed E-state index contributed by atoms with van der Waals surface area (Å²) >= 11 is 0. The number of hydrogen-bond donors (Lipinski definition) is 1. The van der Waals surface area contributed by atoms with Crippen LogP contribution in [0.25, 0.3) is 10.9 Å². The van der Waals surface area contributed by atoms with Crippen LogP contribution in [-0.4, -0.2) is 36.0 Å². The van der Waals surface area contributed by atoms with Crippen LogP contribution in [0.4, 0.5) is 0 Å². The van der Waals surface area contributed by atoms with Crippen molar-refractivity contribution in [2.24, 2.45) is 4.99 Å². The van der Waals surface area contributed by atoms with E-state index in [1.165, 1.54) is 10.9 Å². The molecule has 0 aliphatic carbocycles. The van der Waals surface area contributed by atoms with Crippen LogP contribution >= 0.6 is 24.0 Å². The van der Waals surface area contributed by atoms with Crippen molar-refractivity contribution in [1.82, 2.24) is 15.2 Å². The van der Waals surface area contributed by atoms with Gasteiger partial charge in [-0.25, -0.2) is 0 Å². The van der Waals surface area contributed by atoms with Crippen molar-refractivity contribution < 1.29 is 0 Å². The smallest absolute Gasteiger partial charge is 0.194 e. The van der Waals surface area contributed by atoms with Crippen molar-refractivity contribution in [1.29, 1.82) is 0 Å². The summed E-state index contributed by atoms with van der Waals surface area (Å²) < 4.78 is 0. The predicted molar refractivity (Wildman–Crippen MR) is 88.9 cm³/mol. The highest BCUT2D eigenvalue weighted by atomic mass is 127. The lowest BCUT2D eigenvalue weighted by Gasteiger charge is -2.15. The highest BCUT2D eigenvalue weighted by molar-refractivity contribution is 14.0. The highest BCUT2D eigenvalue weighted by Crippen LogP contribution is 2.15. The Bertz CT molecular complexity index is 592. The first-order chi connectivity index (χ1) is 8.84. The molecule has 100 valence electrons. The fraction of sp³-hybridized carbons (Fsp3) is 0.286. The number of para-hydroxylation sites is 1. The van der Waals surface area contributed by atoms with Crippen LogP contribution in [0.1, 0.15) is 5.56 Å². The molecule has 19 heavy (non-hydrogen) atoms. The molecule has 1 N–H and O–H groups in total. The monoisotopic (exact) mass is 368 g/mol. The minimum absolute atomic E-state index is 0. The van der Waals surface area contributed by atoms with Crippen LogP contribution in [-0.2, 0) is 6.54 Å². The van der Waals surface area contributed by atoms with E-state index in [-0.39, 0.29) is 24.0 Å². The number of halogens is 1. The van der Waals surface area contributed by atoms with Gasteiger partial charge >= 0.3 is 0 Å². The Morgan fingerprint density at radius 1 is 1.26 bits per heavy atom. The molecule has 1 aliphatic heterocycles. The van der Waals surface area contributed by atoms with Crippen LogP contribution in [0.15, 0.2) is 41.5 Å². The van der Waals surface area contributed by atoms with Gasteiger partial charge in [-0.1, -0.05) is 24.3 Å². The van der Waals surface area contributed by atoms with Gasteiger partial charge in [0.15, 0.2) is 5.96 Å². The lowest BCUT2D eigenvalue weighted by atomic mass is 10.1. The summed E-state index contributed by atoms with van der Waals surface area (Å²) in [6.45, 7) is 2.64. The van der Waals surface area contributed by atoms with Gasteiger partial charge in [0.1, 0.15) is 0 Å². The van der Waals surface area contributed by atoms with E-state index in [0.717, 1.165) is 31.1 Å². The fourth-order valence-corrected chi connectivity index (χ4v) is 2.21. The van der Waals surface area contributed by atoms with Gasteiger partial charge in [-0.15, -0.1) is 24.0 Å². The molecule has 0 saturated heterocycles. The summed E-state index contributed by atoms with van der Waals surface area (Å²) in [6, 6.07) is 10.3. The van der Waals surface area contributed by atoms with Crippen molar-refractivity contribution >= 4 is 40.8 Å². The number of benzene rings is 1. The van der Waals surface area contributed by atoms with Crippen molar-refractivity contribution in [3.63, 3.8) is 0 Å². The number of aromatic nitrogens is 1. The van der Waals surface area contributed by atoms with Gasteiger partial charge < -0.3 is 10.2 Å². The average Bonchev–Trinajstić information content (AvgIpc) is 2.82. The summed E-state index contributed by atoms with van der Waals surface area (Å²) in [7, 11) is 2.06. The number of nitrogens with one attached hydrogen (secondary N) is 1. The molecule has 1 aliphatic rings. The van der Waals surface area contributed by atoms with Gasteiger partial charge in [-0.3, -0.25) is 9.98 Å². The first-order valence-electron chi connectivity index (χ1n) is 6.17. The van der Waals surface area contributed by atoms with E-state index in [9.17, 15) is 0 Å². The Labute approximate surface area is 130 Å². The maximum Gasteiger partial charge on any atom is 0.194 e. The number of aliphatic imine (C=N–C) groups is 1. The molecule has 0 atom stereocenters. The molecular formula is C14H17IN4. The molecule has 0 amide bonds. The topological polar surface area (TPSA) is 40.5 Å². The zero-order valence-corrected chi connectivity index (χ0v) is 13.2. The second-order valence-corrected chi connectivity index (χ2v) is 4.47. The number of likely N-dealkylation sites (N-methyl/N-ethyl adjacent to an activating group) is 1. The van der Waals surface area contributed by atoms with E-state index < -0.39 is 0 Å². The van der Waals surface area contributed by atoms with Gasteiger partial charge in [0.05, 0.1) is 12.1 Å². The number of nitrogens with zero attached hydrogens (tertiary/aromatic N) is 3. The van der Waals surface area contributed by atoms with E-state index in [1.54, 1.807) is 0 Å². The van der Waals surface area contributed by atoms with Crippen molar-refractivity contribution in [2.75, 3.05) is 20.1 Å². The molecule has 2 aromatic rings. The molecular weight excluding hydrogens is 351 g/mol. The Morgan fingerprint density at radius 2 is 2.11 bits per heavy atom. The molecule has 0 fully saturated rings. The number of guanidine groups is 1.